The molecule has 8 heteroatoms. The van der Waals surface area contributed by atoms with E-state index in [9.17, 15) is 15.2 Å². The van der Waals surface area contributed by atoms with Gasteiger partial charge in [0.2, 0.25) is 5.89 Å². The fraction of sp³-hybridized carbons (Fsp3) is 0.130. The second kappa shape index (κ2) is 8.27. The summed E-state index contributed by atoms with van der Waals surface area (Å²) < 4.78 is 11.2. The molecule has 0 bridgehead atoms. The topological polar surface area (TPSA) is 111 Å². The Morgan fingerprint density at radius 2 is 2.03 bits per heavy atom. The van der Waals surface area contributed by atoms with Gasteiger partial charge in [0.1, 0.15) is 5.52 Å². The van der Waals surface area contributed by atoms with Gasteiger partial charge in [0, 0.05) is 23.4 Å². The predicted octanol–water partition coefficient (Wildman–Crippen LogP) is 5.57. The highest BCUT2D eigenvalue weighted by Crippen LogP contribution is 2.35. The summed E-state index contributed by atoms with van der Waals surface area (Å²) in [6.45, 7) is 3.87. The van der Waals surface area contributed by atoms with Crippen LogP contribution in [0.15, 0.2) is 64.0 Å². The molecule has 1 heterocycles. The first-order valence-electron chi connectivity index (χ1n) is 9.61. The normalized spacial score (nSPS) is 11.3. The number of benzene rings is 3. The van der Waals surface area contributed by atoms with Gasteiger partial charge in [-0.2, -0.15) is 0 Å². The van der Waals surface area contributed by atoms with Crippen LogP contribution in [0.5, 0.6) is 11.5 Å². The Labute approximate surface area is 177 Å². The van der Waals surface area contributed by atoms with E-state index in [0.717, 1.165) is 16.6 Å². The summed E-state index contributed by atoms with van der Waals surface area (Å²) >= 11 is 0. The fourth-order valence-corrected chi connectivity index (χ4v) is 3.21. The van der Waals surface area contributed by atoms with Crippen LogP contribution in [0.25, 0.3) is 22.6 Å². The van der Waals surface area contributed by atoms with E-state index in [4.69, 9.17) is 9.15 Å². The number of aromatic hydroxyl groups is 1. The number of ether oxygens (including phenoxy) is 1. The maximum absolute atomic E-state index is 11.2. The Hall–Kier alpha value is -4.20. The van der Waals surface area contributed by atoms with Crippen molar-refractivity contribution in [3.8, 4) is 23.0 Å². The fourth-order valence-electron chi connectivity index (χ4n) is 3.21. The van der Waals surface area contributed by atoms with E-state index >= 15 is 0 Å². The Bertz CT molecular complexity index is 1280. The van der Waals surface area contributed by atoms with Crippen LogP contribution in [0.4, 0.5) is 11.4 Å². The summed E-state index contributed by atoms with van der Waals surface area (Å²) in [5, 5.41) is 21.7. The van der Waals surface area contributed by atoms with Crippen molar-refractivity contribution in [1.29, 1.82) is 0 Å². The van der Waals surface area contributed by atoms with Crippen molar-refractivity contribution in [3.63, 3.8) is 0 Å². The quantitative estimate of drug-likeness (QED) is 0.249. The molecular formula is C23H19N3O5. The number of phenolic OH excluding ortho intramolecular Hbond substituents is 1. The molecule has 156 valence electrons. The molecule has 0 aliphatic heterocycles. The summed E-state index contributed by atoms with van der Waals surface area (Å²) in [7, 11) is 0. The lowest BCUT2D eigenvalue weighted by molar-refractivity contribution is -0.385. The van der Waals surface area contributed by atoms with E-state index in [1.54, 1.807) is 13.0 Å². The smallest absolute Gasteiger partial charge is 0.274 e. The Balaban J connectivity index is 1.73. The zero-order valence-corrected chi connectivity index (χ0v) is 16.9. The number of rotatable bonds is 6. The molecule has 31 heavy (non-hydrogen) atoms. The summed E-state index contributed by atoms with van der Waals surface area (Å²) in [6.07, 6.45) is 1.38. The number of nitro benzene ring substituents is 1. The van der Waals surface area contributed by atoms with E-state index < -0.39 is 4.92 Å². The number of hydrogen-bond acceptors (Lipinski definition) is 7. The maximum atomic E-state index is 11.2. The number of oxazole rings is 1. The van der Waals surface area contributed by atoms with Crippen molar-refractivity contribution in [2.24, 2.45) is 4.99 Å². The minimum Gasteiger partial charge on any atom is -0.504 e. The van der Waals surface area contributed by atoms with E-state index in [0.29, 0.717) is 17.2 Å². The molecular weight excluding hydrogens is 398 g/mol. The molecule has 0 aliphatic rings. The summed E-state index contributed by atoms with van der Waals surface area (Å²) in [6, 6.07) is 15.5. The van der Waals surface area contributed by atoms with Crippen LogP contribution < -0.4 is 4.74 Å². The molecule has 0 aliphatic carbocycles. The van der Waals surface area contributed by atoms with Crippen LogP contribution in [0, 0.1) is 17.0 Å². The zero-order chi connectivity index (χ0) is 22.0. The lowest BCUT2D eigenvalue weighted by Gasteiger charge is -2.08. The van der Waals surface area contributed by atoms with Gasteiger partial charge in [-0.05, 0) is 43.7 Å². The lowest BCUT2D eigenvalue weighted by atomic mass is 10.1. The monoisotopic (exact) mass is 417 g/mol. The summed E-state index contributed by atoms with van der Waals surface area (Å²) in [5.41, 5.74) is 3.66. The third-order valence-corrected chi connectivity index (χ3v) is 4.77. The van der Waals surface area contributed by atoms with Gasteiger partial charge in [0.05, 0.1) is 23.3 Å². The van der Waals surface area contributed by atoms with Gasteiger partial charge in [0.15, 0.2) is 17.1 Å². The molecule has 0 spiro atoms. The van der Waals surface area contributed by atoms with Gasteiger partial charge in [-0.25, -0.2) is 4.98 Å². The first-order valence-corrected chi connectivity index (χ1v) is 9.61. The van der Waals surface area contributed by atoms with Crippen LogP contribution in [0.2, 0.25) is 0 Å². The number of non-ortho nitro benzene ring substituents is 1. The van der Waals surface area contributed by atoms with E-state index in [1.807, 2.05) is 43.3 Å². The van der Waals surface area contributed by atoms with Gasteiger partial charge in [-0.15, -0.1) is 0 Å². The third-order valence-electron chi connectivity index (χ3n) is 4.77. The molecule has 0 saturated carbocycles. The van der Waals surface area contributed by atoms with Crippen molar-refractivity contribution >= 4 is 28.7 Å². The zero-order valence-electron chi connectivity index (χ0n) is 16.9. The minimum absolute atomic E-state index is 0.0371. The van der Waals surface area contributed by atoms with Gasteiger partial charge in [-0.1, -0.05) is 18.2 Å². The van der Waals surface area contributed by atoms with Crippen LogP contribution in [-0.4, -0.2) is 27.8 Å². The molecule has 0 fully saturated rings. The standard InChI is InChI=1S/C23H19N3O5/c1-3-30-21-12-16(26(28)29)11-15(22(21)27)13-24-18-9-6-7-17(14(18)2)23-25-19-8-4-5-10-20(19)31-23/h4-13,27H,3H2,1-2H3. The molecule has 0 radical (unpaired) electrons. The van der Waals surface area contributed by atoms with Crippen molar-refractivity contribution in [2.45, 2.75) is 13.8 Å². The van der Waals surface area contributed by atoms with Gasteiger partial charge < -0.3 is 14.3 Å². The molecule has 0 unspecified atom stereocenters. The largest absolute Gasteiger partial charge is 0.504 e. The van der Waals surface area contributed by atoms with Crippen LogP contribution in [0.3, 0.4) is 0 Å². The van der Waals surface area contributed by atoms with Crippen molar-refractivity contribution in [3.05, 3.63) is 75.8 Å². The molecule has 0 atom stereocenters. The molecule has 4 rings (SSSR count). The van der Waals surface area contributed by atoms with E-state index in [2.05, 4.69) is 9.98 Å². The van der Waals surface area contributed by atoms with Crippen molar-refractivity contribution < 1.29 is 19.2 Å². The number of para-hydroxylation sites is 2. The van der Waals surface area contributed by atoms with Gasteiger partial charge in [-0.3, -0.25) is 15.1 Å². The van der Waals surface area contributed by atoms with Crippen LogP contribution in [-0.2, 0) is 0 Å². The Morgan fingerprint density at radius 1 is 1.23 bits per heavy atom. The SMILES string of the molecule is CCOc1cc([N+](=O)[O-])cc(C=Nc2cccc(-c3nc4ccccc4o3)c2C)c1O. The molecule has 3 aromatic carbocycles. The second-order valence-corrected chi connectivity index (χ2v) is 6.77. The molecule has 4 aromatic rings. The molecule has 0 saturated heterocycles. The van der Waals surface area contributed by atoms with Crippen molar-refractivity contribution in [2.75, 3.05) is 6.61 Å². The number of hydrogen-bond donors (Lipinski definition) is 1. The average Bonchev–Trinajstić information content (AvgIpc) is 3.19. The van der Waals surface area contributed by atoms with Crippen molar-refractivity contribution in [1.82, 2.24) is 4.98 Å². The highest BCUT2D eigenvalue weighted by molar-refractivity contribution is 5.89. The summed E-state index contributed by atoms with van der Waals surface area (Å²) in [4.78, 5) is 19.7. The molecule has 8 nitrogen and oxygen atoms in total. The van der Waals surface area contributed by atoms with Gasteiger partial charge in [0.25, 0.3) is 5.69 Å². The Kier molecular flexibility index (Phi) is 5.36. The van der Waals surface area contributed by atoms with Crippen LogP contribution in [0.1, 0.15) is 18.1 Å². The Morgan fingerprint density at radius 3 is 2.77 bits per heavy atom. The lowest BCUT2D eigenvalue weighted by Crippen LogP contribution is -1.97. The van der Waals surface area contributed by atoms with E-state index in [-0.39, 0.29) is 29.4 Å². The van der Waals surface area contributed by atoms with E-state index in [1.165, 1.54) is 18.3 Å². The summed E-state index contributed by atoms with van der Waals surface area (Å²) in [5.74, 6) is 0.312. The number of aliphatic imine (C=N–C) groups is 1. The van der Waals surface area contributed by atoms with Gasteiger partial charge >= 0.3 is 0 Å². The first-order chi connectivity index (χ1) is 15.0. The average molecular weight is 417 g/mol. The third kappa shape index (κ3) is 3.95. The number of nitrogens with zero attached hydrogens (tertiary/aromatic N) is 3. The number of nitro groups is 1. The number of phenols is 1. The predicted molar refractivity (Wildman–Crippen MR) is 117 cm³/mol. The minimum atomic E-state index is -0.543. The highest BCUT2D eigenvalue weighted by Gasteiger charge is 2.17. The number of aromatic nitrogens is 1. The highest BCUT2D eigenvalue weighted by atomic mass is 16.6. The molecule has 0 amide bonds. The molecule has 1 N–H and O–H groups in total. The number of fused-ring (bicyclic) bond motifs is 1. The maximum Gasteiger partial charge on any atom is 0.274 e. The first kappa shape index (κ1) is 20.1. The van der Waals surface area contributed by atoms with Crippen LogP contribution >= 0.6 is 0 Å². The second-order valence-electron chi connectivity index (χ2n) is 6.77. The molecule has 1 aromatic heterocycles.